The van der Waals surface area contributed by atoms with Crippen LogP contribution in [0.4, 0.5) is 0 Å². The lowest BCUT2D eigenvalue weighted by atomic mass is 9.99. The maximum absolute atomic E-state index is 14.3. The number of carboxylic acid groups (broad SMARTS) is 2. The average Bonchev–Trinajstić information content (AvgIpc) is 4.04. The predicted molar refractivity (Wildman–Crippen MR) is 259 cm³/mol. The van der Waals surface area contributed by atoms with Crippen LogP contribution in [-0.2, 0) is 62.4 Å². The van der Waals surface area contributed by atoms with Gasteiger partial charge in [-0.1, -0.05) is 56.3 Å². The maximum atomic E-state index is 14.3. The lowest BCUT2D eigenvalue weighted by Gasteiger charge is -2.30. The molecular weight excluding hydrogens is 939 g/mol. The van der Waals surface area contributed by atoms with Crippen molar-refractivity contribution in [2.24, 2.45) is 28.1 Å². The number of benzene rings is 2. The van der Waals surface area contributed by atoms with Crippen LogP contribution in [0.2, 0.25) is 0 Å². The third kappa shape index (κ3) is 17.7. The zero-order valence-electron chi connectivity index (χ0n) is 40.2. The second kappa shape index (κ2) is 27.3. The Bertz CT molecular complexity index is 2380. The van der Waals surface area contributed by atoms with E-state index in [4.69, 9.17) is 22.3 Å². The summed E-state index contributed by atoms with van der Waals surface area (Å²) in [5.74, 6) is -9.17. The van der Waals surface area contributed by atoms with Crippen molar-refractivity contribution in [1.82, 2.24) is 46.8 Å². The van der Waals surface area contributed by atoms with Gasteiger partial charge in [-0.25, -0.2) is 9.78 Å². The molecule has 4 rings (SSSR count). The van der Waals surface area contributed by atoms with Crippen LogP contribution in [0, 0.1) is 5.92 Å². The molecule has 1 aliphatic heterocycles. The number of carbonyl (C=O) groups is 9. The second-order valence-electron chi connectivity index (χ2n) is 17.7. The van der Waals surface area contributed by atoms with Gasteiger partial charge in [-0.2, -0.15) is 0 Å². The molecule has 0 radical (unpaired) electrons. The van der Waals surface area contributed by atoms with E-state index in [-0.39, 0.29) is 63.3 Å². The first-order valence-electron chi connectivity index (χ1n) is 23.3. The van der Waals surface area contributed by atoms with E-state index in [0.717, 1.165) is 0 Å². The first kappa shape index (κ1) is 56.5. The molecule has 3 aromatic rings. The number of phenols is 1. The Labute approximate surface area is 414 Å². The van der Waals surface area contributed by atoms with Crippen LogP contribution in [0.1, 0.15) is 69.7 Å². The number of guanidine groups is 1. The molecule has 0 bridgehead atoms. The highest BCUT2D eigenvalue weighted by atomic mass is 16.4. The van der Waals surface area contributed by atoms with Crippen LogP contribution in [-0.4, -0.2) is 151 Å². The van der Waals surface area contributed by atoms with Crippen LogP contribution in [0.15, 0.2) is 72.1 Å². The highest BCUT2D eigenvalue weighted by molar-refractivity contribution is 5.98. The molecule has 8 atom stereocenters. The summed E-state index contributed by atoms with van der Waals surface area (Å²) in [5.41, 5.74) is 18.2. The number of hydrogen-bond acceptors (Lipinski definition) is 13. The number of nitrogens with one attached hydrogen (secondary N) is 7. The zero-order chi connectivity index (χ0) is 53.1. The van der Waals surface area contributed by atoms with Gasteiger partial charge in [-0.05, 0) is 61.8 Å². The summed E-state index contributed by atoms with van der Waals surface area (Å²) in [4.78, 5) is 132. The predicted octanol–water partition coefficient (Wildman–Crippen LogP) is -2.34. The SMILES string of the molecule is CC(C)[C@H](NC(=O)[C@H](CCCN=C(N)N)NC(=O)[C@@H](N)CC(=O)O)C(=O)N[C@@H](Cc1ccc(O)cc1)C(=O)N[C@@H](C)C(=O)N[C@@H](Cc1cnc[nH]1)C(=O)N1CCC[C@H]1C(=O)N[C@@H](Cc1ccccc1)C(=O)O. The lowest BCUT2D eigenvalue weighted by molar-refractivity contribution is -0.145. The lowest BCUT2D eigenvalue weighted by Crippen LogP contribution is -2.61. The summed E-state index contributed by atoms with van der Waals surface area (Å²) in [7, 11) is 0. The highest BCUT2D eigenvalue weighted by Gasteiger charge is 2.40. The van der Waals surface area contributed by atoms with E-state index in [1.54, 1.807) is 44.2 Å². The minimum absolute atomic E-state index is 0.00123. The number of imidazole rings is 1. The molecule has 72 heavy (non-hydrogen) atoms. The van der Waals surface area contributed by atoms with Crippen molar-refractivity contribution in [2.45, 2.75) is 120 Å². The number of aliphatic imine (C=N–C) groups is 1. The Kier molecular flexibility index (Phi) is 21.5. The topological polar surface area (TPSA) is 409 Å². The Hall–Kier alpha value is -8.09. The van der Waals surface area contributed by atoms with Crippen molar-refractivity contribution in [3.05, 3.63) is 83.9 Å². The van der Waals surface area contributed by atoms with Gasteiger partial charge in [0.2, 0.25) is 41.4 Å². The molecule has 7 amide bonds. The van der Waals surface area contributed by atoms with E-state index in [0.29, 0.717) is 23.2 Å². The zero-order valence-corrected chi connectivity index (χ0v) is 40.2. The monoisotopic (exact) mass is 1000 g/mol. The molecule has 1 aromatic heterocycles. The van der Waals surface area contributed by atoms with Crippen molar-refractivity contribution in [2.75, 3.05) is 13.1 Å². The number of hydrogen-bond donors (Lipinski definition) is 13. The van der Waals surface area contributed by atoms with Crippen LogP contribution >= 0.6 is 0 Å². The summed E-state index contributed by atoms with van der Waals surface area (Å²) >= 11 is 0. The Balaban J connectivity index is 1.52. The maximum Gasteiger partial charge on any atom is 0.326 e. The third-order valence-corrected chi connectivity index (χ3v) is 11.6. The molecule has 0 unspecified atom stereocenters. The number of likely N-dealkylation sites (tertiary alicyclic amines) is 1. The third-order valence-electron chi connectivity index (χ3n) is 11.6. The fourth-order valence-electron chi connectivity index (χ4n) is 7.77. The van der Waals surface area contributed by atoms with Crippen molar-refractivity contribution < 1.29 is 58.5 Å². The van der Waals surface area contributed by atoms with Gasteiger partial charge in [-0.3, -0.25) is 43.3 Å². The van der Waals surface area contributed by atoms with Crippen molar-refractivity contribution in [3.8, 4) is 5.75 Å². The molecule has 0 aliphatic carbocycles. The van der Waals surface area contributed by atoms with E-state index in [1.165, 1.54) is 48.6 Å². The smallest absolute Gasteiger partial charge is 0.326 e. The van der Waals surface area contributed by atoms with E-state index < -0.39 is 114 Å². The molecule has 1 aliphatic rings. The summed E-state index contributed by atoms with van der Waals surface area (Å²) in [6.45, 7) is 4.75. The van der Waals surface area contributed by atoms with Gasteiger partial charge in [0.05, 0.1) is 18.8 Å². The number of aliphatic carboxylic acids is 2. The van der Waals surface area contributed by atoms with E-state index in [1.807, 2.05) is 0 Å². The number of carboxylic acids is 2. The number of phenolic OH excluding ortho intramolecular Hbond substituents is 1. The Morgan fingerprint density at radius 2 is 1.38 bits per heavy atom. The molecule has 1 fully saturated rings. The van der Waals surface area contributed by atoms with Gasteiger partial charge in [-0.15, -0.1) is 0 Å². The quantitative estimate of drug-likeness (QED) is 0.0216. The molecule has 25 heteroatoms. The summed E-state index contributed by atoms with van der Waals surface area (Å²) in [6.07, 6.45) is 2.54. The van der Waals surface area contributed by atoms with Gasteiger partial charge >= 0.3 is 11.9 Å². The summed E-state index contributed by atoms with van der Waals surface area (Å²) in [6, 6.07) is 3.88. The number of aromatic amines is 1. The molecule has 25 nitrogen and oxygen atoms in total. The number of carbonyl (C=O) groups excluding carboxylic acids is 7. The van der Waals surface area contributed by atoms with Crippen molar-refractivity contribution in [1.29, 1.82) is 0 Å². The molecule has 0 spiro atoms. The second-order valence-corrected chi connectivity index (χ2v) is 17.7. The normalized spacial score (nSPS) is 16.1. The largest absolute Gasteiger partial charge is 0.508 e. The van der Waals surface area contributed by atoms with Crippen molar-refractivity contribution >= 4 is 59.2 Å². The number of H-pyrrole nitrogens is 1. The number of rotatable bonds is 27. The molecule has 1 saturated heterocycles. The van der Waals surface area contributed by atoms with Gasteiger partial charge < -0.3 is 74.3 Å². The Morgan fingerprint density at radius 1 is 0.750 bits per heavy atom. The number of aromatic hydroxyl groups is 1. The van der Waals surface area contributed by atoms with Crippen LogP contribution in [0.3, 0.4) is 0 Å². The summed E-state index contributed by atoms with van der Waals surface area (Å²) < 4.78 is 0. The van der Waals surface area contributed by atoms with Gasteiger partial charge in [0.15, 0.2) is 5.96 Å². The average molecular weight is 1000 g/mol. The van der Waals surface area contributed by atoms with Gasteiger partial charge in [0.25, 0.3) is 0 Å². The van der Waals surface area contributed by atoms with E-state index in [9.17, 15) is 53.4 Å². The first-order valence-corrected chi connectivity index (χ1v) is 23.3. The summed E-state index contributed by atoms with van der Waals surface area (Å²) in [5, 5.41) is 44.5. The number of nitrogens with zero attached hydrogens (tertiary/aromatic N) is 3. The molecule has 2 heterocycles. The number of amides is 7. The van der Waals surface area contributed by atoms with Gasteiger partial charge in [0.1, 0.15) is 48.0 Å². The highest BCUT2D eigenvalue weighted by Crippen LogP contribution is 2.21. The van der Waals surface area contributed by atoms with Gasteiger partial charge in [0, 0.05) is 44.2 Å². The van der Waals surface area contributed by atoms with Crippen molar-refractivity contribution in [3.63, 3.8) is 0 Å². The molecule has 16 N–H and O–H groups in total. The minimum atomic E-state index is -1.51. The number of nitrogens with two attached hydrogens (primary N) is 3. The Morgan fingerprint density at radius 3 is 1.99 bits per heavy atom. The first-order chi connectivity index (χ1) is 34.1. The fourth-order valence-corrected chi connectivity index (χ4v) is 7.77. The van der Waals surface area contributed by atoms with E-state index >= 15 is 0 Å². The molecular formula is C47H65N13O12. The van der Waals surface area contributed by atoms with E-state index in [2.05, 4.69) is 46.9 Å². The standard InChI is InChI=1S/C47H65N13O12/c1-25(2)38(59-41(66)32(11-7-17-52-47(49)50)55-40(65)31(48)22-37(62)63)44(69)56-33(19-28-13-15-30(61)16-14-28)42(67)54-26(3)39(64)57-34(21-29-23-51-24-53-29)45(70)60-18-8-12-36(60)43(68)58-35(46(71)72)20-27-9-5-4-6-10-27/h4-6,9-10,13-16,23-26,31-36,38,61H,7-8,11-12,17-22,48H2,1-3H3,(H,51,53)(H,54,67)(H,55,65)(H,56,69)(H,57,64)(H,58,68)(H,59,66)(H,62,63)(H,71,72)(H4,49,50,52)/t26-,31-,32-,33-,34-,35-,36-,38-/m0/s1. The molecule has 2 aromatic carbocycles. The van der Waals surface area contributed by atoms with Crippen LogP contribution in [0.25, 0.3) is 0 Å². The molecule has 390 valence electrons. The van der Waals surface area contributed by atoms with Crippen LogP contribution < -0.4 is 49.1 Å². The minimum Gasteiger partial charge on any atom is -0.508 e. The molecule has 0 saturated carbocycles. The van der Waals surface area contributed by atoms with Crippen LogP contribution in [0.5, 0.6) is 5.75 Å². The number of aromatic nitrogens is 2. The fraction of sp³-hybridized carbons (Fsp3) is 0.468.